The Labute approximate surface area is 225 Å². The molecule has 4 aromatic rings. The van der Waals surface area contributed by atoms with Crippen molar-refractivity contribution in [3.63, 3.8) is 0 Å². The number of nitrogens with one attached hydrogen (secondary N) is 1. The molecule has 38 heavy (non-hydrogen) atoms. The third kappa shape index (κ3) is 4.42. The second-order valence-corrected chi connectivity index (χ2v) is 11.8. The van der Waals surface area contributed by atoms with Crippen molar-refractivity contribution in [3.8, 4) is 0 Å². The second-order valence-electron chi connectivity index (χ2n) is 11.5. The average Bonchev–Trinajstić information content (AvgIpc) is 3.41. The summed E-state index contributed by atoms with van der Waals surface area (Å²) in [5.74, 6) is 0.388. The lowest BCUT2D eigenvalue weighted by Crippen LogP contribution is -2.27. The van der Waals surface area contributed by atoms with Crippen LogP contribution in [0.3, 0.4) is 0 Å². The van der Waals surface area contributed by atoms with E-state index < -0.39 is 5.79 Å². The quantitative estimate of drug-likeness (QED) is 0.280. The number of nitrogens with zero attached hydrogens (tertiary/aromatic N) is 4. The van der Waals surface area contributed by atoms with Crippen molar-refractivity contribution >= 4 is 39.4 Å². The largest absolute Gasteiger partial charge is 0.367 e. The van der Waals surface area contributed by atoms with Gasteiger partial charge in [0.05, 0.1) is 23.0 Å². The maximum atomic E-state index is 14.5. The van der Waals surface area contributed by atoms with Crippen molar-refractivity contribution in [2.75, 3.05) is 11.9 Å². The molecule has 0 bridgehead atoms. The molecular formula is C29H31ClFN5O2. The Hall–Kier alpha value is -2.81. The normalized spacial score (nSPS) is 26.3. The zero-order valence-electron chi connectivity index (χ0n) is 21.5. The van der Waals surface area contributed by atoms with Crippen LogP contribution in [-0.2, 0) is 15.9 Å². The first kappa shape index (κ1) is 24.2. The minimum Gasteiger partial charge on any atom is -0.367 e. The van der Waals surface area contributed by atoms with Crippen LogP contribution in [-0.4, -0.2) is 44.1 Å². The van der Waals surface area contributed by atoms with Crippen LogP contribution in [0.1, 0.15) is 51.1 Å². The van der Waals surface area contributed by atoms with Gasteiger partial charge in [0.15, 0.2) is 17.4 Å². The molecule has 4 atom stereocenters. The Morgan fingerprint density at radius 3 is 2.82 bits per heavy atom. The SMILES string of the molecule is CC1(C)O[C@@H]2[C@@H](CCc3ccc4cc(F)c(NCC5CC5)nc4c3)C[C@@H](n3ccc4c(Cl)ncnc43)[C@@H]2O1. The molecule has 7 nitrogen and oxygen atoms in total. The van der Waals surface area contributed by atoms with Crippen LogP contribution in [0.2, 0.25) is 5.15 Å². The smallest absolute Gasteiger partial charge is 0.166 e. The van der Waals surface area contributed by atoms with Gasteiger partial charge in [-0.05, 0) is 81.5 Å². The molecule has 0 spiro atoms. The third-order valence-electron chi connectivity index (χ3n) is 8.26. The van der Waals surface area contributed by atoms with Gasteiger partial charge in [-0.1, -0.05) is 23.7 Å². The molecule has 0 radical (unpaired) electrons. The van der Waals surface area contributed by atoms with Gasteiger partial charge in [0.2, 0.25) is 0 Å². The first-order valence-corrected chi connectivity index (χ1v) is 13.9. The van der Waals surface area contributed by atoms with E-state index in [1.165, 1.54) is 24.7 Å². The fraction of sp³-hybridized carbons (Fsp3) is 0.483. The summed E-state index contributed by atoms with van der Waals surface area (Å²) in [5.41, 5.74) is 2.83. The van der Waals surface area contributed by atoms with Gasteiger partial charge in [-0.25, -0.2) is 19.3 Å². The predicted octanol–water partition coefficient (Wildman–Crippen LogP) is 6.31. The molecule has 7 rings (SSSR count). The van der Waals surface area contributed by atoms with Crippen molar-refractivity contribution < 1.29 is 13.9 Å². The van der Waals surface area contributed by atoms with E-state index in [9.17, 15) is 4.39 Å². The lowest BCUT2D eigenvalue weighted by molar-refractivity contribution is -0.160. The number of hydrogen-bond donors (Lipinski definition) is 1. The summed E-state index contributed by atoms with van der Waals surface area (Å²) in [7, 11) is 0. The number of ether oxygens (including phenoxy) is 2. The molecule has 0 amide bonds. The molecule has 9 heteroatoms. The van der Waals surface area contributed by atoms with Crippen LogP contribution in [0.4, 0.5) is 10.2 Å². The average molecular weight is 536 g/mol. The Morgan fingerprint density at radius 1 is 1.13 bits per heavy atom. The molecule has 0 unspecified atom stereocenters. The topological polar surface area (TPSA) is 74.1 Å². The van der Waals surface area contributed by atoms with Crippen molar-refractivity contribution in [2.24, 2.45) is 11.8 Å². The Kier molecular flexibility index (Phi) is 5.83. The van der Waals surface area contributed by atoms with Crippen molar-refractivity contribution in [1.29, 1.82) is 0 Å². The molecule has 198 valence electrons. The van der Waals surface area contributed by atoms with Gasteiger partial charge in [-0.3, -0.25) is 0 Å². The fourth-order valence-electron chi connectivity index (χ4n) is 6.20. The zero-order chi connectivity index (χ0) is 26.0. The summed E-state index contributed by atoms with van der Waals surface area (Å²) in [5, 5.41) is 5.32. The molecule has 1 aromatic carbocycles. The second kappa shape index (κ2) is 9.14. The lowest BCUT2D eigenvalue weighted by Gasteiger charge is -2.24. The maximum absolute atomic E-state index is 14.5. The van der Waals surface area contributed by atoms with Gasteiger partial charge >= 0.3 is 0 Å². The molecule has 1 saturated heterocycles. The fourth-order valence-corrected chi connectivity index (χ4v) is 6.39. The van der Waals surface area contributed by atoms with E-state index in [4.69, 9.17) is 21.1 Å². The minimum atomic E-state index is -0.636. The molecule has 1 N–H and O–H groups in total. The Morgan fingerprint density at radius 2 is 1.97 bits per heavy atom. The van der Waals surface area contributed by atoms with E-state index in [2.05, 4.69) is 37.0 Å². The highest BCUT2D eigenvalue weighted by molar-refractivity contribution is 6.33. The first-order valence-electron chi connectivity index (χ1n) is 13.5. The monoisotopic (exact) mass is 535 g/mol. The first-order chi connectivity index (χ1) is 18.3. The van der Waals surface area contributed by atoms with E-state index in [-0.39, 0.29) is 24.1 Å². The number of aromatic nitrogens is 4. The number of aryl methyl sites for hydroxylation is 1. The van der Waals surface area contributed by atoms with Crippen LogP contribution >= 0.6 is 11.6 Å². The molecule has 2 saturated carbocycles. The van der Waals surface area contributed by atoms with E-state index in [1.54, 1.807) is 6.07 Å². The van der Waals surface area contributed by atoms with Crippen LogP contribution in [0.25, 0.3) is 21.9 Å². The number of rotatable bonds is 7. The summed E-state index contributed by atoms with van der Waals surface area (Å²) in [6, 6.07) is 9.79. The van der Waals surface area contributed by atoms with Crippen LogP contribution in [0, 0.1) is 17.7 Å². The maximum Gasteiger partial charge on any atom is 0.166 e. The number of halogens is 2. The van der Waals surface area contributed by atoms with Crippen molar-refractivity contribution in [3.05, 3.63) is 59.4 Å². The number of hydrogen-bond acceptors (Lipinski definition) is 6. The molecule has 3 aromatic heterocycles. The number of anilines is 1. The van der Waals surface area contributed by atoms with Gasteiger partial charge in [0.25, 0.3) is 0 Å². The van der Waals surface area contributed by atoms with Crippen LogP contribution in [0.5, 0.6) is 0 Å². The van der Waals surface area contributed by atoms with E-state index >= 15 is 0 Å². The Bertz CT molecular complexity index is 1520. The minimum absolute atomic E-state index is 0.00402. The highest BCUT2D eigenvalue weighted by Crippen LogP contribution is 2.49. The molecule has 3 fully saturated rings. The highest BCUT2D eigenvalue weighted by atomic mass is 35.5. The van der Waals surface area contributed by atoms with Gasteiger partial charge < -0.3 is 19.4 Å². The van der Waals surface area contributed by atoms with Crippen LogP contribution in [0.15, 0.2) is 42.9 Å². The highest BCUT2D eigenvalue weighted by Gasteiger charge is 2.54. The summed E-state index contributed by atoms with van der Waals surface area (Å²) in [6.45, 7) is 4.75. The number of pyridine rings is 1. The molecule has 2 aliphatic carbocycles. The predicted molar refractivity (Wildman–Crippen MR) is 145 cm³/mol. The zero-order valence-corrected chi connectivity index (χ0v) is 22.3. The van der Waals surface area contributed by atoms with Crippen molar-refractivity contribution in [2.45, 2.75) is 70.0 Å². The van der Waals surface area contributed by atoms with E-state index in [0.717, 1.165) is 47.7 Å². The number of fused-ring (bicyclic) bond motifs is 3. The standard InChI is InChI=1S/C29H31ClFN5O2/c1-29(2)37-24-19(13-23(25(24)38-29)36-10-9-20-26(30)33-15-34-28(20)36)8-6-16-5-7-18-12-21(31)27(35-22(18)11-16)32-14-17-3-4-17/h5,7,9-12,15,17,19,23-25H,3-4,6,8,13-14H2,1-2H3,(H,32,35)/t19-,23+,24+,25-/m0/s1. The lowest BCUT2D eigenvalue weighted by atomic mass is 9.95. The van der Waals surface area contributed by atoms with Gasteiger partial charge in [0.1, 0.15) is 23.2 Å². The molecule has 3 aliphatic rings. The molecule has 1 aliphatic heterocycles. The van der Waals surface area contributed by atoms with E-state index in [1.807, 2.05) is 32.2 Å². The summed E-state index contributed by atoms with van der Waals surface area (Å²) >= 11 is 6.32. The van der Waals surface area contributed by atoms with Gasteiger partial charge in [-0.2, -0.15) is 0 Å². The van der Waals surface area contributed by atoms with Crippen molar-refractivity contribution in [1.82, 2.24) is 19.5 Å². The van der Waals surface area contributed by atoms with E-state index in [0.29, 0.717) is 22.8 Å². The Balaban J connectivity index is 1.12. The summed E-state index contributed by atoms with van der Waals surface area (Å²) in [4.78, 5) is 13.3. The third-order valence-corrected chi connectivity index (χ3v) is 8.57. The summed E-state index contributed by atoms with van der Waals surface area (Å²) < 4.78 is 29.6. The summed E-state index contributed by atoms with van der Waals surface area (Å²) in [6.07, 6.45) is 8.64. The number of benzene rings is 1. The van der Waals surface area contributed by atoms with Crippen LogP contribution < -0.4 is 5.32 Å². The molecular weight excluding hydrogens is 505 g/mol. The van der Waals surface area contributed by atoms with Gasteiger partial charge in [0, 0.05) is 18.1 Å². The van der Waals surface area contributed by atoms with Gasteiger partial charge in [-0.15, -0.1) is 0 Å². The molecule has 4 heterocycles.